The lowest BCUT2D eigenvalue weighted by Crippen LogP contribution is -2.26. The maximum atomic E-state index is 11.4. The Kier molecular flexibility index (Phi) is 14.2. The summed E-state index contributed by atoms with van der Waals surface area (Å²) in [5.74, 6) is -0.188. The smallest absolute Gasteiger partial charge is 0.311 e. The molecule has 0 aromatic rings. The van der Waals surface area contributed by atoms with Crippen LogP contribution in [0.2, 0.25) is 0 Å². The minimum absolute atomic E-state index is 0.00921. The summed E-state index contributed by atoms with van der Waals surface area (Å²) in [5, 5.41) is 1.01. The molecule has 0 fully saturated rings. The number of rotatable bonds is 8. The third kappa shape index (κ3) is 12.8. The van der Waals surface area contributed by atoms with Crippen molar-refractivity contribution in [3.8, 4) is 0 Å². The van der Waals surface area contributed by atoms with Crippen molar-refractivity contribution in [2.75, 3.05) is 18.5 Å². The number of alkyl halides is 1. The second kappa shape index (κ2) is 13.1. The van der Waals surface area contributed by atoms with Gasteiger partial charge in [-0.2, -0.15) is 0 Å². The molecule has 0 bridgehead atoms. The third-order valence-corrected chi connectivity index (χ3v) is 3.33. The van der Waals surface area contributed by atoms with Gasteiger partial charge in [0.15, 0.2) is 0 Å². The number of carbonyl (C=O) groups is 2. The maximum absolute atomic E-state index is 11.4. The number of hydrogen-bond donors (Lipinski definition) is 0. The second-order valence-corrected chi connectivity index (χ2v) is 6.45. The van der Waals surface area contributed by atoms with Crippen molar-refractivity contribution >= 4 is 27.9 Å². The molecule has 0 aromatic heterocycles. The number of esters is 2. The van der Waals surface area contributed by atoms with Crippen LogP contribution in [0.15, 0.2) is 0 Å². The highest BCUT2D eigenvalue weighted by atomic mass is 79.9. The van der Waals surface area contributed by atoms with Gasteiger partial charge in [-0.05, 0) is 40.5 Å². The van der Waals surface area contributed by atoms with Crippen molar-refractivity contribution in [1.82, 2.24) is 0 Å². The molecule has 5 heteroatoms. The van der Waals surface area contributed by atoms with Gasteiger partial charge >= 0.3 is 11.9 Å². The van der Waals surface area contributed by atoms with E-state index in [9.17, 15) is 9.59 Å². The molecule has 0 rings (SSSR count). The highest BCUT2D eigenvalue weighted by Crippen LogP contribution is 2.25. The van der Waals surface area contributed by atoms with Gasteiger partial charge in [0, 0.05) is 5.33 Å². The molecule has 0 aliphatic heterocycles. The number of carbonyl (C=O) groups excluding carboxylic acids is 2. The summed E-state index contributed by atoms with van der Waals surface area (Å²) < 4.78 is 9.65. The minimum Gasteiger partial charge on any atom is -0.466 e. The van der Waals surface area contributed by atoms with E-state index in [0.29, 0.717) is 13.2 Å². The second-order valence-electron chi connectivity index (χ2n) is 5.66. The summed E-state index contributed by atoms with van der Waals surface area (Å²) in [6, 6.07) is 0. The van der Waals surface area contributed by atoms with Crippen LogP contribution in [0.3, 0.4) is 0 Å². The molecular weight excluding hydrogens is 336 g/mol. The zero-order chi connectivity index (χ0) is 16.9. The standard InChI is InChI=1S/C10H19BrO2.C6H12O2/c1-4-13-9(12)10(2,3)7-5-6-8-11;1-4-8-6(7)5(2)3/h4-8H2,1-3H3;5H,4H2,1-3H3. The molecule has 21 heavy (non-hydrogen) atoms. The molecule has 0 aliphatic carbocycles. The van der Waals surface area contributed by atoms with Gasteiger partial charge in [-0.1, -0.05) is 36.2 Å². The van der Waals surface area contributed by atoms with Gasteiger partial charge in [0.25, 0.3) is 0 Å². The van der Waals surface area contributed by atoms with Gasteiger partial charge in [-0.25, -0.2) is 0 Å². The molecule has 126 valence electrons. The molecule has 0 amide bonds. The number of halogens is 1. The van der Waals surface area contributed by atoms with E-state index in [-0.39, 0.29) is 23.3 Å². The Bertz CT molecular complexity index is 288. The lowest BCUT2D eigenvalue weighted by molar-refractivity contribution is -0.153. The normalized spacial score (nSPS) is 10.7. The van der Waals surface area contributed by atoms with Crippen molar-refractivity contribution in [2.24, 2.45) is 11.3 Å². The molecule has 0 aliphatic rings. The highest BCUT2D eigenvalue weighted by molar-refractivity contribution is 9.09. The number of ether oxygens (including phenoxy) is 2. The SMILES string of the molecule is CCOC(=O)C(C)(C)CCCCBr.CCOC(=O)C(C)C. The van der Waals surface area contributed by atoms with Crippen LogP contribution in [-0.4, -0.2) is 30.5 Å². The van der Waals surface area contributed by atoms with E-state index in [2.05, 4.69) is 20.7 Å². The number of unbranched alkanes of at least 4 members (excludes halogenated alkanes) is 1. The Morgan fingerprint density at radius 1 is 1.05 bits per heavy atom. The first kappa shape index (κ1) is 22.7. The summed E-state index contributed by atoms with van der Waals surface area (Å²) in [7, 11) is 0. The Morgan fingerprint density at radius 3 is 1.90 bits per heavy atom. The molecule has 0 radical (unpaired) electrons. The summed E-state index contributed by atoms with van der Waals surface area (Å²) in [6.45, 7) is 12.1. The van der Waals surface area contributed by atoms with Crippen LogP contribution in [0.1, 0.15) is 60.8 Å². The van der Waals surface area contributed by atoms with Gasteiger partial charge < -0.3 is 9.47 Å². The third-order valence-electron chi connectivity index (χ3n) is 2.77. The molecule has 0 aromatic carbocycles. The summed E-state index contributed by atoms with van der Waals surface area (Å²) in [5.41, 5.74) is -0.321. The molecule has 0 N–H and O–H groups in total. The Morgan fingerprint density at radius 2 is 1.57 bits per heavy atom. The topological polar surface area (TPSA) is 52.6 Å². The largest absolute Gasteiger partial charge is 0.466 e. The van der Waals surface area contributed by atoms with Gasteiger partial charge in [-0.15, -0.1) is 0 Å². The molecule has 0 atom stereocenters. The van der Waals surface area contributed by atoms with Crippen LogP contribution in [0.5, 0.6) is 0 Å². The average Bonchev–Trinajstić information content (AvgIpc) is 2.40. The molecule has 4 nitrogen and oxygen atoms in total. The monoisotopic (exact) mass is 366 g/mol. The van der Waals surface area contributed by atoms with Crippen LogP contribution >= 0.6 is 15.9 Å². The molecular formula is C16H31BrO4. The lowest BCUT2D eigenvalue weighted by atomic mass is 9.87. The van der Waals surface area contributed by atoms with Crippen LogP contribution in [-0.2, 0) is 19.1 Å². The van der Waals surface area contributed by atoms with E-state index in [1.54, 1.807) is 6.92 Å². The molecule has 0 saturated carbocycles. The van der Waals surface area contributed by atoms with Crippen molar-refractivity contribution in [3.05, 3.63) is 0 Å². The fourth-order valence-electron chi connectivity index (χ4n) is 1.40. The zero-order valence-corrected chi connectivity index (χ0v) is 15.9. The van der Waals surface area contributed by atoms with Gasteiger partial charge in [-0.3, -0.25) is 9.59 Å². The van der Waals surface area contributed by atoms with E-state index >= 15 is 0 Å². The fraction of sp³-hybridized carbons (Fsp3) is 0.875. The summed E-state index contributed by atoms with van der Waals surface area (Å²) in [4.78, 5) is 21.9. The minimum atomic E-state index is -0.321. The fourth-order valence-corrected chi connectivity index (χ4v) is 1.80. The Labute approximate surface area is 138 Å². The van der Waals surface area contributed by atoms with E-state index in [4.69, 9.17) is 4.74 Å². The Balaban J connectivity index is 0. The maximum Gasteiger partial charge on any atom is 0.311 e. The van der Waals surface area contributed by atoms with Crippen molar-refractivity contribution < 1.29 is 19.1 Å². The first-order chi connectivity index (χ1) is 9.72. The average molecular weight is 367 g/mol. The van der Waals surface area contributed by atoms with Gasteiger partial charge in [0.05, 0.1) is 24.5 Å². The molecule has 0 saturated heterocycles. The first-order valence-corrected chi connectivity index (χ1v) is 8.74. The summed E-state index contributed by atoms with van der Waals surface area (Å²) in [6.07, 6.45) is 3.08. The molecule has 0 heterocycles. The Hall–Kier alpha value is -0.580. The predicted octanol–water partition coefficient (Wildman–Crippen LogP) is 4.35. The van der Waals surface area contributed by atoms with Crippen LogP contribution in [0, 0.1) is 11.3 Å². The molecule has 0 spiro atoms. The number of hydrogen-bond acceptors (Lipinski definition) is 4. The van der Waals surface area contributed by atoms with Crippen LogP contribution in [0.4, 0.5) is 0 Å². The van der Waals surface area contributed by atoms with Crippen molar-refractivity contribution in [1.29, 1.82) is 0 Å². The predicted molar refractivity (Wildman–Crippen MR) is 89.5 cm³/mol. The van der Waals surface area contributed by atoms with Gasteiger partial charge in [0.2, 0.25) is 0 Å². The first-order valence-electron chi connectivity index (χ1n) is 7.62. The lowest BCUT2D eigenvalue weighted by Gasteiger charge is -2.21. The quantitative estimate of drug-likeness (QED) is 0.364. The summed E-state index contributed by atoms with van der Waals surface area (Å²) >= 11 is 3.37. The van der Waals surface area contributed by atoms with E-state index in [1.165, 1.54) is 0 Å². The van der Waals surface area contributed by atoms with Crippen LogP contribution in [0.25, 0.3) is 0 Å². The van der Waals surface area contributed by atoms with E-state index in [0.717, 1.165) is 24.6 Å². The van der Waals surface area contributed by atoms with Crippen LogP contribution < -0.4 is 0 Å². The van der Waals surface area contributed by atoms with E-state index in [1.807, 2.05) is 34.6 Å². The van der Waals surface area contributed by atoms with Gasteiger partial charge in [0.1, 0.15) is 0 Å². The molecule has 0 unspecified atom stereocenters. The zero-order valence-electron chi connectivity index (χ0n) is 14.3. The van der Waals surface area contributed by atoms with Crippen molar-refractivity contribution in [2.45, 2.75) is 60.8 Å². The van der Waals surface area contributed by atoms with Crippen molar-refractivity contribution in [3.63, 3.8) is 0 Å². The highest BCUT2D eigenvalue weighted by Gasteiger charge is 2.28. The van der Waals surface area contributed by atoms with E-state index < -0.39 is 0 Å².